The van der Waals surface area contributed by atoms with Crippen molar-refractivity contribution in [3.8, 4) is 0 Å². The zero-order chi connectivity index (χ0) is 19.4. The van der Waals surface area contributed by atoms with E-state index in [4.69, 9.17) is 0 Å². The van der Waals surface area contributed by atoms with Crippen molar-refractivity contribution >= 4 is 33.4 Å². The van der Waals surface area contributed by atoms with Gasteiger partial charge in [-0.3, -0.25) is 4.79 Å². The molecule has 0 spiro atoms. The van der Waals surface area contributed by atoms with Crippen molar-refractivity contribution in [1.29, 1.82) is 0 Å². The average molecular weight is 401 g/mol. The van der Waals surface area contributed by atoms with Gasteiger partial charge in [0.1, 0.15) is 0 Å². The van der Waals surface area contributed by atoms with Crippen LogP contribution in [0.5, 0.6) is 0 Å². The molecule has 0 saturated heterocycles. The van der Waals surface area contributed by atoms with Crippen LogP contribution in [0.1, 0.15) is 6.92 Å². The molecule has 0 aromatic heterocycles. The predicted molar refractivity (Wildman–Crippen MR) is 95.0 cm³/mol. The van der Waals surface area contributed by atoms with E-state index in [9.17, 15) is 26.4 Å². The predicted octanol–water partition coefficient (Wildman–Crippen LogP) is 4.57. The fraction of sp³-hybridized carbons (Fsp3) is 0.118. The quantitative estimate of drug-likeness (QED) is 0.689. The lowest BCUT2D eigenvalue weighted by Gasteiger charge is -2.23. The molecule has 0 fully saturated rings. The lowest BCUT2D eigenvalue weighted by molar-refractivity contribution is -0.114. The summed E-state index contributed by atoms with van der Waals surface area (Å²) in [6.07, 6.45) is 0. The van der Waals surface area contributed by atoms with Crippen molar-refractivity contribution in [3.05, 3.63) is 71.6 Å². The van der Waals surface area contributed by atoms with E-state index in [1.807, 2.05) is 0 Å². The Morgan fingerprint density at radius 3 is 2.00 bits per heavy atom. The first-order valence-electron chi connectivity index (χ1n) is 7.24. The normalized spacial score (nSPS) is 12.7. The molecule has 0 aliphatic heterocycles. The van der Waals surface area contributed by atoms with Crippen LogP contribution in [0.25, 0.3) is 0 Å². The van der Waals surface area contributed by atoms with Crippen molar-refractivity contribution in [2.24, 2.45) is 0 Å². The van der Waals surface area contributed by atoms with Gasteiger partial charge in [-0.05, 0) is 48.4 Å². The van der Waals surface area contributed by atoms with Crippen LogP contribution < -0.4 is 4.31 Å². The Hall–Kier alpha value is -2.26. The van der Waals surface area contributed by atoms with Crippen LogP contribution in [0.2, 0.25) is 0 Å². The van der Waals surface area contributed by atoms with E-state index in [2.05, 4.69) is 0 Å². The molecular weight excluding hydrogens is 387 g/mol. The molecule has 2 aromatic carbocycles. The second kappa shape index (κ2) is 7.96. The summed E-state index contributed by atoms with van der Waals surface area (Å²) >= 11 is -0.515. The number of rotatable bonds is 5. The Bertz CT molecular complexity index is 896. The van der Waals surface area contributed by atoms with Gasteiger partial charge in [0.2, 0.25) is 0 Å². The smallest absolute Gasteiger partial charge is 0.268 e. The third kappa shape index (κ3) is 4.89. The molecule has 9 heteroatoms. The number of sulfonamides is 1. The molecule has 138 valence electrons. The molecule has 0 aliphatic rings. The van der Waals surface area contributed by atoms with Crippen LogP contribution >= 0.6 is 11.8 Å². The summed E-state index contributed by atoms with van der Waals surface area (Å²) < 4.78 is 63.5. The molecule has 26 heavy (non-hydrogen) atoms. The van der Waals surface area contributed by atoms with Gasteiger partial charge in [-0.1, -0.05) is 36.4 Å². The molecule has 0 saturated carbocycles. The van der Waals surface area contributed by atoms with Gasteiger partial charge in [-0.15, -0.1) is 0 Å². The summed E-state index contributed by atoms with van der Waals surface area (Å²) in [4.78, 5) is 12.5. The van der Waals surface area contributed by atoms with Gasteiger partial charge >= 0.3 is 5.51 Å². The van der Waals surface area contributed by atoms with Crippen LogP contribution in [0.15, 0.2) is 76.5 Å². The fourth-order valence-corrected chi connectivity index (χ4v) is 3.88. The van der Waals surface area contributed by atoms with Gasteiger partial charge in [-0.2, -0.15) is 17.5 Å². The van der Waals surface area contributed by atoms with Crippen molar-refractivity contribution < 1.29 is 26.4 Å². The first kappa shape index (κ1) is 20.1. The Labute approximate surface area is 153 Å². The lowest BCUT2D eigenvalue weighted by atomic mass is 10.3. The summed E-state index contributed by atoms with van der Waals surface area (Å²) in [6.45, 7) is 1.14. The number of para-hydroxylation sites is 1. The number of carbonyl (C=O) groups is 1. The standard InChI is InChI=1S/C17H14F3NO3S2/c1-13(12-25-17(18,19)20)16(22)21(14-8-4-2-5-9-14)26(23,24)15-10-6-3-7-11-15/h2-12H,1H3. The van der Waals surface area contributed by atoms with E-state index in [0.717, 1.165) is 6.92 Å². The number of anilines is 1. The molecule has 0 radical (unpaired) electrons. The van der Waals surface area contributed by atoms with Gasteiger partial charge in [0.15, 0.2) is 0 Å². The van der Waals surface area contributed by atoms with Gasteiger partial charge in [0, 0.05) is 5.57 Å². The minimum atomic E-state index is -4.57. The zero-order valence-electron chi connectivity index (χ0n) is 13.5. The monoisotopic (exact) mass is 401 g/mol. The van der Waals surface area contributed by atoms with Crippen molar-refractivity contribution in [1.82, 2.24) is 0 Å². The highest BCUT2D eigenvalue weighted by Gasteiger charge is 2.33. The SMILES string of the molecule is CC(=CSC(F)(F)F)C(=O)N(c1ccccc1)S(=O)(=O)c1ccccc1. The van der Waals surface area contributed by atoms with Crippen molar-refractivity contribution in [2.75, 3.05) is 4.31 Å². The molecule has 0 bridgehead atoms. The topological polar surface area (TPSA) is 54.5 Å². The average Bonchev–Trinajstić information content (AvgIpc) is 2.60. The fourth-order valence-electron chi connectivity index (χ4n) is 1.99. The van der Waals surface area contributed by atoms with E-state index in [1.165, 1.54) is 48.5 Å². The number of hydrogen-bond acceptors (Lipinski definition) is 4. The first-order chi connectivity index (χ1) is 12.1. The highest BCUT2D eigenvalue weighted by atomic mass is 32.2. The van der Waals surface area contributed by atoms with Crippen LogP contribution in [-0.4, -0.2) is 19.8 Å². The minimum absolute atomic E-state index is 0.0334. The largest absolute Gasteiger partial charge is 0.445 e. The summed E-state index contributed by atoms with van der Waals surface area (Å²) in [5.74, 6) is -1.06. The Kier molecular flexibility index (Phi) is 6.14. The van der Waals surface area contributed by atoms with Gasteiger partial charge in [0.25, 0.3) is 15.9 Å². The van der Waals surface area contributed by atoms with Crippen LogP contribution in [0.4, 0.5) is 18.9 Å². The molecule has 2 rings (SSSR count). The molecule has 0 atom stereocenters. The molecule has 0 unspecified atom stereocenters. The second-order valence-corrected chi connectivity index (χ2v) is 7.81. The molecule has 0 N–H and O–H groups in total. The van der Waals surface area contributed by atoms with Crippen LogP contribution in [-0.2, 0) is 14.8 Å². The Morgan fingerprint density at radius 1 is 1.00 bits per heavy atom. The van der Waals surface area contributed by atoms with E-state index in [1.54, 1.807) is 12.1 Å². The number of hydrogen-bond donors (Lipinski definition) is 0. The second-order valence-electron chi connectivity index (χ2n) is 5.09. The van der Waals surface area contributed by atoms with Crippen molar-refractivity contribution in [2.45, 2.75) is 17.3 Å². The summed E-state index contributed by atoms with van der Waals surface area (Å²) in [6, 6.07) is 14.7. The minimum Gasteiger partial charge on any atom is -0.268 e. The summed E-state index contributed by atoms with van der Waals surface area (Å²) in [7, 11) is -4.30. The lowest BCUT2D eigenvalue weighted by Crippen LogP contribution is -2.37. The van der Waals surface area contributed by atoms with Gasteiger partial charge in [0.05, 0.1) is 10.6 Å². The molecule has 0 heterocycles. The van der Waals surface area contributed by atoms with Gasteiger partial charge in [-0.25, -0.2) is 8.42 Å². The van der Waals surface area contributed by atoms with Gasteiger partial charge < -0.3 is 0 Å². The maximum Gasteiger partial charge on any atom is 0.445 e. The number of amides is 1. The third-order valence-corrected chi connectivity index (χ3v) is 5.63. The highest BCUT2D eigenvalue weighted by Crippen LogP contribution is 2.33. The highest BCUT2D eigenvalue weighted by molar-refractivity contribution is 8.03. The third-order valence-electron chi connectivity index (χ3n) is 3.16. The van der Waals surface area contributed by atoms with E-state index in [0.29, 0.717) is 9.71 Å². The molecule has 2 aromatic rings. The molecule has 0 aliphatic carbocycles. The summed E-state index contributed by atoms with van der Waals surface area (Å²) in [5, 5.41) is 0.596. The maximum absolute atomic E-state index is 12.9. The number of alkyl halides is 3. The first-order valence-corrected chi connectivity index (χ1v) is 9.56. The van der Waals surface area contributed by atoms with E-state index < -0.39 is 33.2 Å². The Morgan fingerprint density at radius 2 is 1.50 bits per heavy atom. The van der Waals surface area contributed by atoms with Crippen molar-refractivity contribution in [3.63, 3.8) is 0 Å². The number of carbonyl (C=O) groups excluding carboxylic acids is 1. The Balaban J connectivity index is 2.51. The number of benzene rings is 2. The molecule has 1 amide bonds. The van der Waals surface area contributed by atoms with Crippen LogP contribution in [0, 0.1) is 0 Å². The molecular formula is C17H14F3NO3S2. The number of halogens is 3. The van der Waals surface area contributed by atoms with E-state index in [-0.39, 0.29) is 16.2 Å². The van der Waals surface area contributed by atoms with E-state index >= 15 is 0 Å². The maximum atomic E-state index is 12.9. The molecule has 4 nitrogen and oxygen atoms in total. The number of thioether (sulfide) groups is 1. The number of nitrogens with zero attached hydrogens (tertiary/aromatic N) is 1. The zero-order valence-corrected chi connectivity index (χ0v) is 15.1. The summed E-state index contributed by atoms with van der Waals surface area (Å²) in [5.41, 5.74) is -4.89. The van der Waals surface area contributed by atoms with Crippen LogP contribution in [0.3, 0.4) is 0 Å².